The maximum Gasteiger partial charge on any atom is 0.491 e. The maximum atomic E-state index is 13.8. The fraction of sp³-hybridized carbons (Fsp3) is 0.438. The third-order valence-corrected chi connectivity index (χ3v) is 4.39. The molecule has 23 heavy (non-hydrogen) atoms. The molecule has 1 fully saturated rings. The van der Waals surface area contributed by atoms with Crippen molar-refractivity contribution in [2.24, 2.45) is 5.73 Å². The second kappa shape index (κ2) is 6.07. The van der Waals surface area contributed by atoms with Crippen molar-refractivity contribution in [3.63, 3.8) is 0 Å². The summed E-state index contributed by atoms with van der Waals surface area (Å²) >= 11 is 0. The Bertz CT molecular complexity index is 641. The Kier molecular flexibility index (Phi) is 4.66. The molecule has 0 spiro atoms. The number of carboxylic acid groups (broad SMARTS) is 1. The average Bonchev–Trinajstić information content (AvgIpc) is 2.64. The lowest BCUT2D eigenvalue weighted by Gasteiger charge is -2.32. The van der Waals surface area contributed by atoms with Gasteiger partial charge in [-0.1, -0.05) is 18.2 Å². The molecule has 5 nitrogen and oxygen atoms in total. The van der Waals surface area contributed by atoms with E-state index in [2.05, 4.69) is 0 Å². The standard InChI is InChI=1S/C16H21BFNO4/c1-15(2)16(3,4)23-17(22-15)11(9-19)8-10-6-5-7-12(18)13(10)14(20)21/h5-8H,9,19H2,1-4H3,(H,20,21). The van der Waals surface area contributed by atoms with Crippen LogP contribution in [0.2, 0.25) is 0 Å². The minimum Gasteiger partial charge on any atom is -0.478 e. The van der Waals surface area contributed by atoms with E-state index in [1.54, 1.807) is 0 Å². The molecular formula is C16H21BFNO4. The van der Waals surface area contributed by atoms with Crippen LogP contribution in [0.3, 0.4) is 0 Å². The van der Waals surface area contributed by atoms with E-state index < -0.39 is 35.7 Å². The van der Waals surface area contributed by atoms with E-state index >= 15 is 0 Å². The summed E-state index contributed by atoms with van der Waals surface area (Å²) in [5, 5.41) is 9.20. The number of hydrogen-bond donors (Lipinski definition) is 2. The molecule has 0 aliphatic carbocycles. The highest BCUT2D eigenvalue weighted by Gasteiger charge is 2.52. The van der Waals surface area contributed by atoms with E-state index in [4.69, 9.17) is 15.0 Å². The molecule has 3 N–H and O–H groups in total. The van der Waals surface area contributed by atoms with Gasteiger partial charge in [0.15, 0.2) is 0 Å². The molecule has 7 heteroatoms. The first-order valence-electron chi connectivity index (χ1n) is 7.37. The second-order valence-electron chi connectivity index (χ2n) is 6.52. The number of carboxylic acids is 1. The van der Waals surface area contributed by atoms with Crippen LogP contribution in [-0.2, 0) is 9.31 Å². The summed E-state index contributed by atoms with van der Waals surface area (Å²) < 4.78 is 25.6. The Hall–Kier alpha value is -1.70. The molecule has 0 radical (unpaired) electrons. The number of hydrogen-bond acceptors (Lipinski definition) is 4. The highest BCUT2D eigenvalue weighted by atomic mass is 19.1. The molecule has 1 saturated heterocycles. The van der Waals surface area contributed by atoms with Crippen LogP contribution in [0.5, 0.6) is 0 Å². The molecule has 1 aliphatic heterocycles. The van der Waals surface area contributed by atoms with Crippen molar-refractivity contribution >= 4 is 19.2 Å². The molecule has 0 amide bonds. The van der Waals surface area contributed by atoms with Gasteiger partial charge in [0.2, 0.25) is 0 Å². The van der Waals surface area contributed by atoms with Gasteiger partial charge in [-0.05, 0) is 44.8 Å². The number of rotatable bonds is 4. The number of nitrogens with two attached hydrogens (primary N) is 1. The second-order valence-corrected chi connectivity index (χ2v) is 6.52. The van der Waals surface area contributed by atoms with Gasteiger partial charge >= 0.3 is 13.1 Å². The minimum absolute atomic E-state index is 0.104. The van der Waals surface area contributed by atoms with Gasteiger partial charge in [-0.3, -0.25) is 0 Å². The van der Waals surface area contributed by atoms with E-state index in [1.807, 2.05) is 27.7 Å². The lowest BCUT2D eigenvalue weighted by atomic mass is 9.77. The summed E-state index contributed by atoms with van der Waals surface area (Å²) in [6, 6.07) is 4.08. The molecule has 0 bridgehead atoms. The molecule has 0 aromatic heterocycles. The Labute approximate surface area is 135 Å². The van der Waals surface area contributed by atoms with Gasteiger partial charge in [-0.15, -0.1) is 0 Å². The zero-order valence-corrected chi connectivity index (χ0v) is 13.7. The third kappa shape index (κ3) is 3.31. The number of halogens is 1. The van der Waals surface area contributed by atoms with Gasteiger partial charge in [-0.25, -0.2) is 9.18 Å². The predicted octanol–water partition coefficient (Wildman–Crippen LogP) is 2.50. The molecular weight excluding hydrogens is 300 g/mol. The first-order chi connectivity index (χ1) is 10.6. The van der Waals surface area contributed by atoms with Crippen molar-refractivity contribution in [1.29, 1.82) is 0 Å². The number of carbonyl (C=O) groups is 1. The molecule has 1 aromatic rings. The molecule has 1 heterocycles. The van der Waals surface area contributed by atoms with Crippen LogP contribution in [0.25, 0.3) is 6.08 Å². The van der Waals surface area contributed by atoms with Crippen LogP contribution >= 0.6 is 0 Å². The minimum atomic E-state index is -1.33. The highest BCUT2D eigenvalue weighted by Crippen LogP contribution is 2.38. The fourth-order valence-corrected chi connectivity index (χ4v) is 2.30. The normalized spacial score (nSPS) is 19.9. The summed E-state index contributed by atoms with van der Waals surface area (Å²) in [7, 11) is -0.699. The molecule has 0 atom stereocenters. The van der Waals surface area contributed by atoms with E-state index in [1.165, 1.54) is 18.2 Å². The number of benzene rings is 1. The molecule has 1 aliphatic rings. The lowest BCUT2D eigenvalue weighted by molar-refractivity contribution is 0.00578. The van der Waals surface area contributed by atoms with E-state index in [0.29, 0.717) is 5.47 Å². The van der Waals surface area contributed by atoms with Gasteiger partial charge in [0, 0.05) is 6.54 Å². The van der Waals surface area contributed by atoms with Crippen molar-refractivity contribution < 1.29 is 23.6 Å². The largest absolute Gasteiger partial charge is 0.491 e. The topological polar surface area (TPSA) is 81.8 Å². The van der Waals surface area contributed by atoms with Gasteiger partial charge in [-0.2, -0.15) is 0 Å². The first kappa shape index (κ1) is 17.7. The maximum absolute atomic E-state index is 13.8. The van der Waals surface area contributed by atoms with Gasteiger partial charge in [0.25, 0.3) is 0 Å². The zero-order chi connectivity index (χ0) is 17.4. The van der Waals surface area contributed by atoms with Crippen LogP contribution in [0.4, 0.5) is 4.39 Å². The van der Waals surface area contributed by atoms with Crippen LogP contribution < -0.4 is 5.73 Å². The summed E-state index contributed by atoms with van der Waals surface area (Å²) in [5.41, 5.74) is 5.08. The summed E-state index contributed by atoms with van der Waals surface area (Å²) in [5.74, 6) is -2.13. The van der Waals surface area contributed by atoms with Crippen LogP contribution in [0.15, 0.2) is 23.7 Å². The molecule has 0 saturated carbocycles. The van der Waals surface area contributed by atoms with Crippen LogP contribution in [-0.4, -0.2) is 35.9 Å². The van der Waals surface area contributed by atoms with Crippen molar-refractivity contribution in [3.05, 3.63) is 40.6 Å². The van der Waals surface area contributed by atoms with Crippen molar-refractivity contribution in [2.45, 2.75) is 38.9 Å². The smallest absolute Gasteiger partial charge is 0.478 e. The Morgan fingerprint density at radius 2 is 1.87 bits per heavy atom. The van der Waals surface area contributed by atoms with E-state index in [-0.39, 0.29) is 12.1 Å². The Morgan fingerprint density at radius 3 is 2.35 bits per heavy atom. The van der Waals surface area contributed by atoms with E-state index in [9.17, 15) is 14.3 Å². The highest BCUT2D eigenvalue weighted by molar-refractivity contribution is 6.56. The summed E-state index contributed by atoms with van der Waals surface area (Å²) in [6.45, 7) is 7.74. The third-order valence-electron chi connectivity index (χ3n) is 4.39. The van der Waals surface area contributed by atoms with Gasteiger partial charge in [0.1, 0.15) is 11.4 Å². The Balaban J connectivity index is 2.42. The molecule has 0 unspecified atom stereocenters. The molecule has 124 valence electrons. The van der Waals surface area contributed by atoms with Gasteiger partial charge in [0.05, 0.1) is 11.2 Å². The fourth-order valence-electron chi connectivity index (χ4n) is 2.30. The first-order valence-corrected chi connectivity index (χ1v) is 7.37. The van der Waals surface area contributed by atoms with Gasteiger partial charge < -0.3 is 20.1 Å². The van der Waals surface area contributed by atoms with E-state index in [0.717, 1.165) is 6.07 Å². The van der Waals surface area contributed by atoms with Crippen molar-refractivity contribution in [3.8, 4) is 0 Å². The summed E-state index contributed by atoms with van der Waals surface area (Å²) in [6.07, 6.45) is 1.52. The van der Waals surface area contributed by atoms with Crippen molar-refractivity contribution in [1.82, 2.24) is 0 Å². The Morgan fingerprint density at radius 1 is 1.30 bits per heavy atom. The average molecular weight is 321 g/mol. The summed E-state index contributed by atoms with van der Waals surface area (Å²) in [4.78, 5) is 11.3. The van der Waals surface area contributed by atoms with Crippen molar-refractivity contribution in [2.75, 3.05) is 6.54 Å². The van der Waals surface area contributed by atoms with Crippen LogP contribution in [0.1, 0.15) is 43.6 Å². The lowest BCUT2D eigenvalue weighted by Crippen LogP contribution is -2.41. The zero-order valence-electron chi connectivity index (χ0n) is 13.7. The molecule has 2 rings (SSSR count). The SMILES string of the molecule is CC1(C)OB(C(=Cc2cccc(F)c2C(=O)O)CN)OC1(C)C. The monoisotopic (exact) mass is 321 g/mol. The predicted molar refractivity (Wildman–Crippen MR) is 86.5 cm³/mol. The molecule has 1 aromatic carbocycles. The number of aromatic carboxylic acids is 1. The van der Waals surface area contributed by atoms with Crippen LogP contribution in [0, 0.1) is 5.82 Å². The quantitative estimate of drug-likeness (QED) is 0.833.